The van der Waals surface area contributed by atoms with Gasteiger partial charge in [0.2, 0.25) is 0 Å². The van der Waals surface area contributed by atoms with Crippen LogP contribution in [0.1, 0.15) is 5.56 Å². The van der Waals surface area contributed by atoms with Gasteiger partial charge in [-0.2, -0.15) is 0 Å². The van der Waals surface area contributed by atoms with Crippen LogP contribution >= 0.6 is 0 Å². The summed E-state index contributed by atoms with van der Waals surface area (Å²) in [6.07, 6.45) is 6.78. The number of nitrogens with zero attached hydrogens (tertiary/aromatic N) is 4. The molecule has 0 saturated carbocycles. The predicted molar refractivity (Wildman–Crippen MR) is 78.8 cm³/mol. The van der Waals surface area contributed by atoms with Gasteiger partial charge in [0, 0.05) is 19.4 Å². The first-order chi connectivity index (χ1) is 9.58. The average Bonchev–Trinajstić information content (AvgIpc) is 2.75. The van der Waals surface area contributed by atoms with Crippen LogP contribution in [-0.4, -0.2) is 30.3 Å². The summed E-state index contributed by atoms with van der Waals surface area (Å²) in [6.45, 7) is 1.99. The molecule has 3 aromatic heterocycles. The molecule has 1 atom stereocenters. The number of hydrogen-bond donors (Lipinski definition) is 0. The van der Waals surface area contributed by atoms with Crippen molar-refractivity contribution in [2.24, 2.45) is 7.05 Å². The molecule has 0 radical (unpaired) electrons. The molecule has 0 spiro atoms. The summed E-state index contributed by atoms with van der Waals surface area (Å²) in [5.41, 5.74) is 3.55. The molecule has 3 aromatic rings. The number of rotatable bonds is 2. The molecule has 0 fully saturated rings. The molecule has 3 heterocycles. The molecule has 102 valence electrons. The summed E-state index contributed by atoms with van der Waals surface area (Å²) in [7, 11) is 1.91. The van der Waals surface area contributed by atoms with Crippen LogP contribution in [0.5, 0.6) is 0 Å². The van der Waals surface area contributed by atoms with Gasteiger partial charge in [0.05, 0.1) is 11.8 Å². The third kappa shape index (κ3) is 2.07. The zero-order valence-corrected chi connectivity index (χ0v) is 12.3. The Bertz CT molecular complexity index is 782. The molecular formula is C14H14N4OS. The van der Waals surface area contributed by atoms with Crippen LogP contribution in [-0.2, 0) is 18.2 Å². The minimum Gasteiger partial charge on any atom is -0.612 e. The lowest BCUT2D eigenvalue weighted by molar-refractivity contribution is 0.600. The SMILES string of the molecule is Cc1cnc2c(c1)nc(-c1ccncc1[S+](C)[O-])n2C. The van der Waals surface area contributed by atoms with Gasteiger partial charge in [0.15, 0.2) is 10.5 Å². The summed E-state index contributed by atoms with van der Waals surface area (Å²) in [6, 6.07) is 3.83. The minimum absolute atomic E-state index is 0.683. The smallest absolute Gasteiger partial charge is 0.181 e. The maximum Gasteiger partial charge on any atom is 0.181 e. The van der Waals surface area contributed by atoms with E-state index in [1.54, 1.807) is 18.6 Å². The van der Waals surface area contributed by atoms with Crippen molar-refractivity contribution in [3.63, 3.8) is 0 Å². The van der Waals surface area contributed by atoms with Gasteiger partial charge < -0.3 is 9.12 Å². The summed E-state index contributed by atoms with van der Waals surface area (Å²) in [4.78, 5) is 13.8. The first kappa shape index (κ1) is 13.1. The van der Waals surface area contributed by atoms with Crippen LogP contribution in [0.3, 0.4) is 0 Å². The fourth-order valence-corrected chi connectivity index (χ4v) is 2.89. The Morgan fingerprint density at radius 1 is 1.30 bits per heavy atom. The van der Waals surface area contributed by atoms with E-state index in [0.717, 1.165) is 28.1 Å². The molecule has 0 amide bonds. The molecule has 0 aliphatic carbocycles. The van der Waals surface area contributed by atoms with E-state index in [2.05, 4.69) is 15.0 Å². The van der Waals surface area contributed by atoms with Crippen LogP contribution in [0.4, 0.5) is 0 Å². The van der Waals surface area contributed by atoms with Crippen molar-refractivity contribution in [1.29, 1.82) is 0 Å². The van der Waals surface area contributed by atoms with E-state index in [4.69, 9.17) is 0 Å². The van der Waals surface area contributed by atoms with Crippen LogP contribution < -0.4 is 0 Å². The molecule has 0 N–H and O–H groups in total. The molecule has 0 aliphatic rings. The van der Waals surface area contributed by atoms with Crippen LogP contribution in [0.15, 0.2) is 35.6 Å². The van der Waals surface area contributed by atoms with Gasteiger partial charge in [-0.05, 0) is 35.8 Å². The van der Waals surface area contributed by atoms with Crippen molar-refractivity contribution in [3.05, 3.63) is 36.3 Å². The van der Waals surface area contributed by atoms with Gasteiger partial charge in [-0.3, -0.25) is 4.98 Å². The van der Waals surface area contributed by atoms with E-state index in [-0.39, 0.29) is 0 Å². The maximum atomic E-state index is 11.8. The third-order valence-corrected chi connectivity index (χ3v) is 4.13. The lowest BCUT2D eigenvalue weighted by Gasteiger charge is -2.09. The first-order valence-corrected chi connectivity index (χ1v) is 7.70. The zero-order chi connectivity index (χ0) is 14.3. The van der Waals surface area contributed by atoms with Gasteiger partial charge in [0.25, 0.3) is 0 Å². The highest BCUT2D eigenvalue weighted by Crippen LogP contribution is 2.27. The largest absolute Gasteiger partial charge is 0.612 e. The summed E-state index contributed by atoms with van der Waals surface area (Å²) < 4.78 is 13.8. The molecule has 6 heteroatoms. The second kappa shape index (κ2) is 4.88. The number of fused-ring (bicyclic) bond motifs is 1. The topological polar surface area (TPSA) is 66.7 Å². The lowest BCUT2D eigenvalue weighted by Crippen LogP contribution is -2.03. The second-order valence-electron chi connectivity index (χ2n) is 4.68. The highest BCUT2D eigenvalue weighted by molar-refractivity contribution is 7.90. The molecule has 0 bridgehead atoms. The van der Waals surface area contributed by atoms with Crippen LogP contribution in [0, 0.1) is 6.92 Å². The van der Waals surface area contributed by atoms with Gasteiger partial charge in [-0.25, -0.2) is 9.97 Å². The monoisotopic (exact) mass is 286 g/mol. The van der Waals surface area contributed by atoms with Crippen molar-refractivity contribution < 1.29 is 4.55 Å². The van der Waals surface area contributed by atoms with Crippen LogP contribution in [0.2, 0.25) is 0 Å². The lowest BCUT2D eigenvalue weighted by atomic mass is 10.2. The van der Waals surface area contributed by atoms with E-state index in [1.807, 2.05) is 36.9 Å². The first-order valence-electron chi connectivity index (χ1n) is 6.15. The normalized spacial score (nSPS) is 12.8. The van der Waals surface area contributed by atoms with E-state index in [1.165, 1.54) is 0 Å². The minimum atomic E-state index is -1.11. The summed E-state index contributed by atoms with van der Waals surface area (Å²) >= 11 is -1.11. The average molecular weight is 286 g/mol. The Balaban J connectivity index is 2.27. The Morgan fingerprint density at radius 3 is 2.85 bits per heavy atom. The fourth-order valence-electron chi connectivity index (χ4n) is 2.21. The van der Waals surface area contributed by atoms with Gasteiger partial charge >= 0.3 is 0 Å². The Hall–Kier alpha value is -1.92. The highest BCUT2D eigenvalue weighted by atomic mass is 32.2. The van der Waals surface area contributed by atoms with Crippen molar-refractivity contribution in [1.82, 2.24) is 19.5 Å². The van der Waals surface area contributed by atoms with Crippen molar-refractivity contribution in [2.45, 2.75) is 11.8 Å². The molecule has 0 aromatic carbocycles. The number of pyridine rings is 2. The predicted octanol–water partition coefficient (Wildman–Crippen LogP) is 2.08. The van der Waals surface area contributed by atoms with Crippen LogP contribution in [0.25, 0.3) is 22.6 Å². The standard InChI is InChI=1S/C14H14N4OS/c1-9-6-11-14(16-7-9)18(2)13(17-11)10-4-5-15-8-12(10)20(3)19/h4-8H,1-3H3. The second-order valence-corrected chi connectivity index (χ2v) is 6.02. The number of imidazole rings is 1. The van der Waals surface area contributed by atoms with Gasteiger partial charge in [-0.1, -0.05) is 0 Å². The maximum absolute atomic E-state index is 11.8. The molecular weight excluding hydrogens is 272 g/mol. The van der Waals surface area contributed by atoms with Crippen molar-refractivity contribution >= 4 is 22.3 Å². The molecule has 3 rings (SSSR count). The summed E-state index contributed by atoms with van der Waals surface area (Å²) in [5, 5.41) is 0. The van der Waals surface area contributed by atoms with E-state index < -0.39 is 11.2 Å². The van der Waals surface area contributed by atoms with E-state index in [9.17, 15) is 4.55 Å². The molecule has 0 saturated heterocycles. The van der Waals surface area contributed by atoms with Crippen molar-refractivity contribution in [2.75, 3.05) is 6.26 Å². The number of hydrogen-bond acceptors (Lipinski definition) is 4. The summed E-state index contributed by atoms with van der Waals surface area (Å²) in [5.74, 6) is 0.755. The highest BCUT2D eigenvalue weighted by Gasteiger charge is 2.19. The molecule has 0 aliphatic heterocycles. The van der Waals surface area contributed by atoms with Gasteiger partial charge in [0.1, 0.15) is 17.6 Å². The molecule has 20 heavy (non-hydrogen) atoms. The third-order valence-electron chi connectivity index (χ3n) is 3.18. The van der Waals surface area contributed by atoms with E-state index in [0.29, 0.717) is 4.90 Å². The quantitative estimate of drug-likeness (QED) is 0.676. The molecule has 5 nitrogen and oxygen atoms in total. The Morgan fingerprint density at radius 2 is 2.10 bits per heavy atom. The Labute approximate surface area is 119 Å². The number of aryl methyl sites for hydroxylation is 2. The van der Waals surface area contributed by atoms with E-state index >= 15 is 0 Å². The Kier molecular flexibility index (Phi) is 3.19. The fraction of sp³-hybridized carbons (Fsp3) is 0.214. The van der Waals surface area contributed by atoms with Gasteiger partial charge in [-0.15, -0.1) is 0 Å². The number of aromatic nitrogens is 4. The molecule has 1 unspecified atom stereocenters. The zero-order valence-electron chi connectivity index (χ0n) is 11.5. The van der Waals surface area contributed by atoms with Crippen molar-refractivity contribution in [3.8, 4) is 11.4 Å².